The summed E-state index contributed by atoms with van der Waals surface area (Å²) in [7, 11) is 0. The van der Waals surface area contributed by atoms with Crippen LogP contribution in [-0.4, -0.2) is 64.2 Å². The van der Waals surface area contributed by atoms with E-state index in [4.69, 9.17) is 14.2 Å². The van der Waals surface area contributed by atoms with Crippen molar-refractivity contribution in [2.45, 2.75) is 76.9 Å². The van der Waals surface area contributed by atoms with E-state index in [0.717, 1.165) is 71.3 Å². The van der Waals surface area contributed by atoms with Gasteiger partial charge in [0.1, 0.15) is 0 Å². The van der Waals surface area contributed by atoms with Gasteiger partial charge in [0, 0.05) is 39.5 Å². The number of nitrogens with zero attached hydrogens (tertiary/aromatic N) is 1. The van der Waals surface area contributed by atoms with E-state index >= 15 is 0 Å². The predicted octanol–water partition coefficient (Wildman–Crippen LogP) is 2.87. The van der Waals surface area contributed by atoms with Crippen LogP contribution in [0.5, 0.6) is 0 Å². The molecule has 0 aromatic rings. The SMILES string of the molecule is CCNC(=NCCCOCC1CCCO1)NCCCOC1CCCCC1. The normalized spacial score (nSPS) is 21.9. The number of hydrogen-bond acceptors (Lipinski definition) is 4. The van der Waals surface area contributed by atoms with Crippen LogP contribution in [0, 0.1) is 0 Å². The fourth-order valence-corrected chi connectivity index (χ4v) is 3.45. The van der Waals surface area contributed by atoms with E-state index in [9.17, 15) is 0 Å². The van der Waals surface area contributed by atoms with Crippen LogP contribution in [-0.2, 0) is 14.2 Å². The highest BCUT2D eigenvalue weighted by Crippen LogP contribution is 2.20. The molecule has 2 N–H and O–H groups in total. The van der Waals surface area contributed by atoms with E-state index < -0.39 is 0 Å². The second kappa shape index (κ2) is 14.2. The summed E-state index contributed by atoms with van der Waals surface area (Å²) in [6, 6.07) is 0. The first-order chi connectivity index (χ1) is 12.9. The number of nitrogens with one attached hydrogen (secondary N) is 2. The molecule has 0 aromatic heterocycles. The first kappa shape index (κ1) is 21.5. The van der Waals surface area contributed by atoms with Crippen molar-refractivity contribution < 1.29 is 14.2 Å². The lowest BCUT2D eigenvalue weighted by Crippen LogP contribution is -2.38. The van der Waals surface area contributed by atoms with E-state index in [0.29, 0.717) is 12.2 Å². The number of aliphatic imine (C=N–C) groups is 1. The van der Waals surface area contributed by atoms with Gasteiger partial charge in [-0.15, -0.1) is 0 Å². The maximum Gasteiger partial charge on any atom is 0.191 e. The molecule has 1 heterocycles. The molecule has 0 aromatic carbocycles. The standard InChI is InChI=1S/C20H39N3O3/c1-2-21-20(22-12-7-14-24-17-19-11-6-15-26-19)23-13-8-16-25-18-9-4-3-5-10-18/h18-19H,2-17H2,1H3,(H2,21,22,23). The van der Waals surface area contributed by atoms with E-state index in [1.165, 1.54) is 38.5 Å². The van der Waals surface area contributed by atoms with Crippen molar-refractivity contribution in [1.29, 1.82) is 0 Å². The maximum atomic E-state index is 5.97. The van der Waals surface area contributed by atoms with Crippen LogP contribution in [0.25, 0.3) is 0 Å². The molecular weight excluding hydrogens is 330 g/mol. The van der Waals surface area contributed by atoms with Crippen molar-refractivity contribution in [3.63, 3.8) is 0 Å². The lowest BCUT2D eigenvalue weighted by atomic mass is 9.98. The van der Waals surface area contributed by atoms with Gasteiger partial charge in [-0.2, -0.15) is 0 Å². The summed E-state index contributed by atoms with van der Waals surface area (Å²) in [4.78, 5) is 4.61. The van der Waals surface area contributed by atoms with Gasteiger partial charge in [-0.05, 0) is 45.4 Å². The maximum absolute atomic E-state index is 5.97. The number of hydrogen-bond donors (Lipinski definition) is 2. The Labute approximate surface area is 159 Å². The summed E-state index contributed by atoms with van der Waals surface area (Å²) in [5.74, 6) is 0.893. The minimum Gasteiger partial charge on any atom is -0.379 e. The molecule has 1 aliphatic carbocycles. The molecule has 1 aliphatic heterocycles. The van der Waals surface area contributed by atoms with Crippen LogP contribution in [0.15, 0.2) is 4.99 Å². The summed E-state index contributed by atoms with van der Waals surface area (Å²) >= 11 is 0. The summed E-state index contributed by atoms with van der Waals surface area (Å²) in [6.45, 7) is 7.85. The molecule has 1 atom stereocenters. The van der Waals surface area contributed by atoms with Gasteiger partial charge in [-0.1, -0.05) is 19.3 Å². The van der Waals surface area contributed by atoms with Gasteiger partial charge in [0.25, 0.3) is 0 Å². The highest BCUT2D eigenvalue weighted by atomic mass is 16.5. The third-order valence-electron chi connectivity index (χ3n) is 4.91. The van der Waals surface area contributed by atoms with Crippen molar-refractivity contribution >= 4 is 5.96 Å². The highest BCUT2D eigenvalue weighted by Gasteiger charge is 2.15. The Kier molecular flexibility index (Phi) is 11.7. The molecule has 0 radical (unpaired) electrons. The Morgan fingerprint density at radius 1 is 1.04 bits per heavy atom. The summed E-state index contributed by atoms with van der Waals surface area (Å²) in [6.07, 6.45) is 11.6. The first-order valence-corrected chi connectivity index (χ1v) is 10.7. The molecule has 2 fully saturated rings. The Balaban J connectivity index is 1.47. The minimum atomic E-state index is 0.313. The van der Waals surface area contributed by atoms with Gasteiger partial charge >= 0.3 is 0 Å². The molecule has 0 bridgehead atoms. The first-order valence-electron chi connectivity index (χ1n) is 10.7. The second-order valence-electron chi connectivity index (χ2n) is 7.24. The zero-order chi connectivity index (χ0) is 18.3. The Bertz CT molecular complexity index is 367. The third kappa shape index (κ3) is 9.74. The molecule has 1 saturated heterocycles. The topological polar surface area (TPSA) is 64.1 Å². The van der Waals surface area contributed by atoms with Crippen molar-refractivity contribution in [2.75, 3.05) is 46.1 Å². The molecule has 26 heavy (non-hydrogen) atoms. The molecule has 2 rings (SSSR count). The van der Waals surface area contributed by atoms with Crippen molar-refractivity contribution in [1.82, 2.24) is 10.6 Å². The van der Waals surface area contributed by atoms with Crippen molar-refractivity contribution in [2.24, 2.45) is 4.99 Å². The second-order valence-corrected chi connectivity index (χ2v) is 7.24. The zero-order valence-corrected chi connectivity index (χ0v) is 16.6. The van der Waals surface area contributed by atoms with Gasteiger partial charge in [-0.3, -0.25) is 4.99 Å². The molecule has 0 amide bonds. The number of rotatable bonds is 12. The van der Waals surface area contributed by atoms with Crippen LogP contribution in [0.3, 0.4) is 0 Å². The molecule has 1 saturated carbocycles. The Hall–Kier alpha value is -0.850. The minimum absolute atomic E-state index is 0.313. The fourth-order valence-electron chi connectivity index (χ4n) is 3.45. The van der Waals surface area contributed by atoms with E-state index in [-0.39, 0.29) is 0 Å². The van der Waals surface area contributed by atoms with Crippen molar-refractivity contribution in [3.8, 4) is 0 Å². The van der Waals surface area contributed by atoms with Crippen LogP contribution >= 0.6 is 0 Å². The largest absolute Gasteiger partial charge is 0.379 e. The smallest absolute Gasteiger partial charge is 0.191 e. The van der Waals surface area contributed by atoms with Crippen LogP contribution in [0.2, 0.25) is 0 Å². The molecule has 2 aliphatic rings. The number of ether oxygens (including phenoxy) is 3. The van der Waals surface area contributed by atoms with Gasteiger partial charge in [-0.25, -0.2) is 0 Å². The fraction of sp³-hybridized carbons (Fsp3) is 0.950. The number of guanidine groups is 1. The van der Waals surface area contributed by atoms with Crippen molar-refractivity contribution in [3.05, 3.63) is 0 Å². The summed E-state index contributed by atoms with van der Waals surface area (Å²) in [5, 5.41) is 6.69. The van der Waals surface area contributed by atoms with E-state index in [1.807, 2.05) is 0 Å². The summed E-state index contributed by atoms with van der Waals surface area (Å²) < 4.78 is 17.2. The lowest BCUT2D eigenvalue weighted by molar-refractivity contribution is 0.0171. The third-order valence-corrected chi connectivity index (χ3v) is 4.91. The Morgan fingerprint density at radius 3 is 2.69 bits per heavy atom. The van der Waals surface area contributed by atoms with Gasteiger partial charge in [0.2, 0.25) is 0 Å². The molecule has 6 nitrogen and oxygen atoms in total. The van der Waals surface area contributed by atoms with Crippen LogP contribution in [0.1, 0.15) is 64.7 Å². The summed E-state index contributed by atoms with van der Waals surface area (Å²) in [5.41, 5.74) is 0. The Morgan fingerprint density at radius 2 is 1.92 bits per heavy atom. The average molecular weight is 370 g/mol. The molecule has 0 spiro atoms. The molecular formula is C20H39N3O3. The molecule has 6 heteroatoms. The van der Waals surface area contributed by atoms with Gasteiger partial charge in [0.05, 0.1) is 18.8 Å². The van der Waals surface area contributed by atoms with E-state index in [1.54, 1.807) is 0 Å². The van der Waals surface area contributed by atoms with Gasteiger partial charge < -0.3 is 24.8 Å². The monoisotopic (exact) mass is 369 g/mol. The van der Waals surface area contributed by atoms with Crippen LogP contribution in [0.4, 0.5) is 0 Å². The van der Waals surface area contributed by atoms with Gasteiger partial charge in [0.15, 0.2) is 5.96 Å². The predicted molar refractivity (Wildman–Crippen MR) is 106 cm³/mol. The highest BCUT2D eigenvalue weighted by molar-refractivity contribution is 5.79. The van der Waals surface area contributed by atoms with Crippen LogP contribution < -0.4 is 10.6 Å². The van der Waals surface area contributed by atoms with E-state index in [2.05, 4.69) is 22.5 Å². The molecule has 1 unspecified atom stereocenters. The average Bonchev–Trinajstić information content (AvgIpc) is 3.18. The zero-order valence-electron chi connectivity index (χ0n) is 16.6. The lowest BCUT2D eigenvalue weighted by Gasteiger charge is -2.22. The quantitative estimate of drug-likeness (QED) is 0.315. The molecule has 152 valence electrons.